The van der Waals surface area contributed by atoms with Gasteiger partial charge < -0.3 is 10.1 Å². The zero-order valence-corrected chi connectivity index (χ0v) is 11.9. The third-order valence-electron chi connectivity index (χ3n) is 3.27. The lowest BCUT2D eigenvalue weighted by Crippen LogP contribution is -2.52. The average molecular weight is 261 g/mol. The minimum absolute atomic E-state index is 0.264. The minimum atomic E-state index is -3.15. The van der Waals surface area contributed by atoms with Gasteiger partial charge in [-0.05, 0) is 32.9 Å². The molecule has 0 aromatic rings. The van der Waals surface area contributed by atoms with Crippen LogP contribution in [0.5, 0.6) is 0 Å². The van der Waals surface area contributed by atoms with E-state index in [0.717, 1.165) is 25.1 Å². The molecule has 100 valence electrons. The van der Waals surface area contributed by atoms with Crippen LogP contribution in [0.15, 0.2) is 11.8 Å². The number of ether oxygens (including phenoxy) is 1. The molecule has 0 saturated heterocycles. The zero-order valence-electron chi connectivity index (χ0n) is 11.1. The number of rotatable bonds is 6. The highest BCUT2D eigenvalue weighted by Gasteiger charge is 2.42. The minimum Gasteiger partial charge on any atom is -0.496 e. The Balaban J connectivity index is 2.97. The lowest BCUT2D eigenvalue weighted by Gasteiger charge is -2.33. The standard InChI is InChI=1S/C12H23NO3S/c1-5-8-13-11(10-7-6-9-16-10)12(2,3)17(4,14)15/h7,11,13H,5-6,8-9H2,1-4H3. The van der Waals surface area contributed by atoms with Gasteiger partial charge >= 0.3 is 0 Å². The van der Waals surface area contributed by atoms with Crippen LogP contribution in [0.1, 0.15) is 33.6 Å². The van der Waals surface area contributed by atoms with Crippen molar-refractivity contribution in [3.05, 3.63) is 11.8 Å². The van der Waals surface area contributed by atoms with Crippen molar-refractivity contribution >= 4 is 9.84 Å². The molecule has 0 fully saturated rings. The highest BCUT2D eigenvalue weighted by atomic mass is 32.2. The van der Waals surface area contributed by atoms with Crippen molar-refractivity contribution < 1.29 is 13.2 Å². The molecule has 0 saturated carbocycles. The quantitative estimate of drug-likeness (QED) is 0.787. The van der Waals surface area contributed by atoms with Gasteiger partial charge in [-0.1, -0.05) is 6.92 Å². The van der Waals surface area contributed by atoms with Crippen LogP contribution >= 0.6 is 0 Å². The third-order valence-corrected chi connectivity index (χ3v) is 5.41. The first-order valence-electron chi connectivity index (χ1n) is 6.06. The van der Waals surface area contributed by atoms with E-state index in [1.54, 1.807) is 13.8 Å². The van der Waals surface area contributed by atoms with Gasteiger partial charge in [-0.3, -0.25) is 0 Å². The molecule has 1 heterocycles. The second kappa shape index (κ2) is 5.40. The van der Waals surface area contributed by atoms with E-state index in [2.05, 4.69) is 12.2 Å². The van der Waals surface area contributed by atoms with Crippen molar-refractivity contribution in [2.24, 2.45) is 0 Å². The molecule has 0 amide bonds. The smallest absolute Gasteiger partial charge is 0.154 e. The molecule has 4 nitrogen and oxygen atoms in total. The Morgan fingerprint density at radius 3 is 2.59 bits per heavy atom. The Kier molecular flexibility index (Phi) is 4.61. The van der Waals surface area contributed by atoms with Crippen molar-refractivity contribution in [1.82, 2.24) is 5.32 Å². The summed E-state index contributed by atoms with van der Waals surface area (Å²) in [5.74, 6) is 0.772. The molecular weight excluding hydrogens is 238 g/mol. The summed E-state index contributed by atoms with van der Waals surface area (Å²) >= 11 is 0. The summed E-state index contributed by atoms with van der Waals surface area (Å²) in [6, 6.07) is -0.264. The maximum atomic E-state index is 11.9. The number of sulfone groups is 1. The molecular formula is C12H23NO3S. The molecule has 1 aliphatic rings. The third kappa shape index (κ3) is 3.22. The lowest BCUT2D eigenvalue weighted by molar-refractivity contribution is 0.203. The van der Waals surface area contributed by atoms with Gasteiger partial charge in [-0.25, -0.2) is 8.42 Å². The molecule has 1 aliphatic heterocycles. The number of hydrogen-bond acceptors (Lipinski definition) is 4. The fourth-order valence-electron chi connectivity index (χ4n) is 1.83. The molecule has 17 heavy (non-hydrogen) atoms. The van der Waals surface area contributed by atoms with E-state index in [4.69, 9.17) is 4.74 Å². The molecule has 1 atom stereocenters. The predicted octanol–water partition coefficient (Wildman–Crippen LogP) is 1.48. The van der Waals surface area contributed by atoms with Crippen LogP contribution in [0.2, 0.25) is 0 Å². The van der Waals surface area contributed by atoms with Gasteiger partial charge in [-0.15, -0.1) is 0 Å². The van der Waals surface area contributed by atoms with Gasteiger partial charge in [0.15, 0.2) is 9.84 Å². The Bertz CT molecular complexity index is 385. The summed E-state index contributed by atoms with van der Waals surface area (Å²) in [5.41, 5.74) is 0. The van der Waals surface area contributed by atoms with E-state index in [9.17, 15) is 8.42 Å². The van der Waals surface area contributed by atoms with Crippen molar-refractivity contribution in [1.29, 1.82) is 0 Å². The molecule has 0 aromatic carbocycles. The van der Waals surface area contributed by atoms with Crippen LogP contribution in [0.4, 0.5) is 0 Å². The summed E-state index contributed by atoms with van der Waals surface area (Å²) < 4.78 is 28.4. The number of hydrogen-bond donors (Lipinski definition) is 1. The van der Waals surface area contributed by atoms with Crippen LogP contribution in [-0.4, -0.2) is 38.6 Å². The second-order valence-electron chi connectivity index (χ2n) is 5.01. The van der Waals surface area contributed by atoms with Crippen molar-refractivity contribution in [2.75, 3.05) is 19.4 Å². The van der Waals surface area contributed by atoms with Gasteiger partial charge in [-0.2, -0.15) is 0 Å². The maximum absolute atomic E-state index is 11.9. The average Bonchev–Trinajstić information content (AvgIpc) is 2.69. The molecule has 0 aromatic heterocycles. The fourth-order valence-corrected chi connectivity index (χ4v) is 2.46. The largest absolute Gasteiger partial charge is 0.496 e. The van der Waals surface area contributed by atoms with Crippen LogP contribution < -0.4 is 5.32 Å². The van der Waals surface area contributed by atoms with Crippen molar-refractivity contribution in [3.63, 3.8) is 0 Å². The predicted molar refractivity (Wildman–Crippen MR) is 69.7 cm³/mol. The first kappa shape index (κ1) is 14.5. The molecule has 0 aliphatic carbocycles. The Morgan fingerprint density at radius 1 is 1.53 bits per heavy atom. The van der Waals surface area contributed by atoms with Crippen LogP contribution in [0, 0.1) is 0 Å². The first-order chi connectivity index (χ1) is 7.80. The van der Waals surface area contributed by atoms with Crippen LogP contribution in [-0.2, 0) is 14.6 Å². The van der Waals surface area contributed by atoms with Gasteiger partial charge in [0.05, 0.1) is 17.4 Å². The number of nitrogens with one attached hydrogen (secondary N) is 1. The Morgan fingerprint density at radius 2 is 2.18 bits per heavy atom. The van der Waals surface area contributed by atoms with E-state index in [-0.39, 0.29) is 6.04 Å². The van der Waals surface area contributed by atoms with E-state index in [0.29, 0.717) is 6.61 Å². The van der Waals surface area contributed by atoms with Crippen LogP contribution in [0.3, 0.4) is 0 Å². The molecule has 0 radical (unpaired) electrons. The Labute approximate surface area is 104 Å². The summed E-state index contributed by atoms with van der Waals surface area (Å²) in [4.78, 5) is 0. The summed E-state index contributed by atoms with van der Waals surface area (Å²) in [6.07, 6.45) is 5.09. The summed E-state index contributed by atoms with van der Waals surface area (Å²) in [5, 5.41) is 3.29. The van der Waals surface area contributed by atoms with Gasteiger partial charge in [0.1, 0.15) is 5.76 Å². The molecule has 1 unspecified atom stereocenters. The van der Waals surface area contributed by atoms with E-state index < -0.39 is 14.6 Å². The first-order valence-corrected chi connectivity index (χ1v) is 7.95. The SMILES string of the molecule is CCCNC(C1=CCCO1)C(C)(C)S(C)(=O)=O. The van der Waals surface area contributed by atoms with Gasteiger partial charge in [0.25, 0.3) is 0 Å². The fraction of sp³-hybridized carbons (Fsp3) is 0.833. The monoisotopic (exact) mass is 261 g/mol. The normalized spacial score (nSPS) is 18.7. The Hall–Kier alpha value is -0.550. The van der Waals surface area contributed by atoms with E-state index in [1.165, 1.54) is 6.26 Å². The summed E-state index contributed by atoms with van der Waals surface area (Å²) in [6.45, 7) is 6.99. The van der Waals surface area contributed by atoms with Crippen LogP contribution in [0.25, 0.3) is 0 Å². The topological polar surface area (TPSA) is 55.4 Å². The van der Waals surface area contributed by atoms with Crippen molar-refractivity contribution in [3.8, 4) is 0 Å². The molecule has 1 rings (SSSR count). The van der Waals surface area contributed by atoms with Gasteiger partial charge in [0.2, 0.25) is 0 Å². The molecule has 5 heteroatoms. The van der Waals surface area contributed by atoms with E-state index >= 15 is 0 Å². The molecule has 1 N–H and O–H groups in total. The lowest BCUT2D eigenvalue weighted by atomic mass is 10.0. The molecule has 0 bridgehead atoms. The zero-order chi connectivity index (χ0) is 13.1. The van der Waals surface area contributed by atoms with Gasteiger partial charge in [0, 0.05) is 12.7 Å². The summed E-state index contributed by atoms with van der Waals surface area (Å²) in [7, 11) is -3.15. The highest BCUT2D eigenvalue weighted by Crippen LogP contribution is 2.28. The van der Waals surface area contributed by atoms with E-state index in [1.807, 2.05) is 6.08 Å². The second-order valence-corrected chi connectivity index (χ2v) is 7.60. The van der Waals surface area contributed by atoms with Crippen molar-refractivity contribution in [2.45, 2.75) is 44.4 Å². The maximum Gasteiger partial charge on any atom is 0.154 e. The highest BCUT2D eigenvalue weighted by molar-refractivity contribution is 7.92. The molecule has 0 spiro atoms.